The molecule has 2 aromatic carbocycles. The molecule has 0 spiro atoms. The lowest BCUT2D eigenvalue weighted by Gasteiger charge is -2.26. The number of hydrogen-bond donors (Lipinski definition) is 0. The first kappa shape index (κ1) is 24.5. The van der Waals surface area contributed by atoms with Gasteiger partial charge in [-0.05, 0) is 44.1 Å². The first-order valence-electron chi connectivity index (χ1n) is 12.8. The van der Waals surface area contributed by atoms with Gasteiger partial charge in [-0.25, -0.2) is 0 Å². The van der Waals surface area contributed by atoms with E-state index < -0.39 is 5.41 Å². The van der Waals surface area contributed by atoms with Gasteiger partial charge in [-0.3, -0.25) is 4.79 Å². The van der Waals surface area contributed by atoms with Crippen LogP contribution in [-0.4, -0.2) is 30.5 Å². The Morgan fingerprint density at radius 1 is 0.719 bits per heavy atom. The number of esters is 1. The highest BCUT2D eigenvalue weighted by Crippen LogP contribution is 2.47. The predicted molar refractivity (Wildman–Crippen MR) is 133 cm³/mol. The zero-order chi connectivity index (χ0) is 22.7. The van der Waals surface area contributed by atoms with Crippen molar-refractivity contribution in [2.24, 2.45) is 0 Å². The molecule has 32 heavy (non-hydrogen) atoms. The monoisotopic (exact) mass is 435 g/mol. The molecule has 0 fully saturated rings. The molecule has 0 aromatic heterocycles. The molecule has 174 valence electrons. The standard InChI is InChI=1S/C29H41NO2/c1-3-30(4-2)24-18-11-9-7-5-6-8-10-17-23-29(25-19-13-12-14-20-25)26-21-15-16-22-27(26)32-28(29)31/h12-16,19-22H,3-11,17-18,23-24H2,1-2H3. The molecule has 3 nitrogen and oxygen atoms in total. The predicted octanol–water partition coefficient (Wildman–Crippen LogP) is 7.13. The number of ether oxygens (including phenoxy) is 1. The van der Waals surface area contributed by atoms with Crippen LogP contribution in [0.3, 0.4) is 0 Å². The van der Waals surface area contributed by atoms with E-state index in [0.29, 0.717) is 0 Å². The van der Waals surface area contributed by atoms with Gasteiger partial charge in [0.05, 0.1) is 0 Å². The Hall–Kier alpha value is -2.13. The maximum Gasteiger partial charge on any atom is 0.326 e. The van der Waals surface area contributed by atoms with Crippen molar-refractivity contribution in [3.8, 4) is 5.75 Å². The van der Waals surface area contributed by atoms with Crippen molar-refractivity contribution < 1.29 is 9.53 Å². The van der Waals surface area contributed by atoms with Gasteiger partial charge in [0.25, 0.3) is 0 Å². The van der Waals surface area contributed by atoms with Crippen molar-refractivity contribution in [3.63, 3.8) is 0 Å². The lowest BCUT2D eigenvalue weighted by molar-refractivity contribution is -0.137. The van der Waals surface area contributed by atoms with Crippen molar-refractivity contribution in [1.29, 1.82) is 0 Å². The first-order chi connectivity index (χ1) is 15.7. The molecule has 0 bridgehead atoms. The summed E-state index contributed by atoms with van der Waals surface area (Å²) < 4.78 is 5.71. The number of benzene rings is 2. The van der Waals surface area contributed by atoms with Gasteiger partial charge in [0.2, 0.25) is 0 Å². The smallest absolute Gasteiger partial charge is 0.326 e. The minimum atomic E-state index is -0.650. The van der Waals surface area contributed by atoms with Crippen molar-refractivity contribution in [2.45, 2.75) is 83.5 Å². The highest BCUT2D eigenvalue weighted by molar-refractivity contribution is 5.94. The van der Waals surface area contributed by atoms with Crippen LogP contribution in [0.4, 0.5) is 0 Å². The highest BCUT2D eigenvalue weighted by atomic mass is 16.5. The summed E-state index contributed by atoms with van der Waals surface area (Å²) in [6, 6.07) is 18.1. The lowest BCUT2D eigenvalue weighted by Crippen LogP contribution is -2.35. The van der Waals surface area contributed by atoms with Crippen molar-refractivity contribution in [2.75, 3.05) is 19.6 Å². The van der Waals surface area contributed by atoms with Gasteiger partial charge >= 0.3 is 5.97 Å². The van der Waals surface area contributed by atoms with Gasteiger partial charge in [-0.1, -0.05) is 114 Å². The number of para-hydroxylation sites is 1. The number of hydrogen-bond acceptors (Lipinski definition) is 3. The minimum absolute atomic E-state index is 0.116. The zero-order valence-corrected chi connectivity index (χ0v) is 20.2. The number of fused-ring (bicyclic) bond motifs is 1. The minimum Gasteiger partial charge on any atom is -0.425 e. The Labute approximate surface area is 195 Å². The van der Waals surface area contributed by atoms with Crippen LogP contribution in [0.25, 0.3) is 0 Å². The van der Waals surface area contributed by atoms with E-state index in [2.05, 4.69) is 36.9 Å². The summed E-state index contributed by atoms with van der Waals surface area (Å²) in [5.41, 5.74) is 1.43. The molecule has 0 amide bonds. The fourth-order valence-electron chi connectivity index (χ4n) is 5.09. The average molecular weight is 436 g/mol. The average Bonchev–Trinajstić information content (AvgIpc) is 3.12. The molecular weight excluding hydrogens is 394 g/mol. The normalized spacial score (nSPS) is 17.5. The van der Waals surface area contributed by atoms with Crippen LogP contribution in [0.15, 0.2) is 54.6 Å². The molecular formula is C29H41NO2. The van der Waals surface area contributed by atoms with Crippen LogP contribution in [0.2, 0.25) is 0 Å². The van der Waals surface area contributed by atoms with Gasteiger partial charge < -0.3 is 9.64 Å². The SMILES string of the molecule is CCN(CC)CCCCCCCCCCCC1(c2ccccc2)C(=O)Oc2ccccc21. The summed E-state index contributed by atoms with van der Waals surface area (Å²) >= 11 is 0. The number of nitrogens with zero attached hydrogens (tertiary/aromatic N) is 1. The molecule has 1 atom stereocenters. The number of unbranched alkanes of at least 4 members (excludes halogenated alkanes) is 8. The first-order valence-corrected chi connectivity index (χ1v) is 12.8. The molecule has 0 saturated heterocycles. The molecule has 0 aliphatic carbocycles. The van der Waals surface area contributed by atoms with Crippen molar-refractivity contribution in [3.05, 3.63) is 65.7 Å². The van der Waals surface area contributed by atoms with E-state index in [4.69, 9.17) is 4.74 Å². The number of carbonyl (C=O) groups excluding carboxylic acids is 1. The van der Waals surface area contributed by atoms with Gasteiger partial charge in [0, 0.05) is 5.56 Å². The Morgan fingerprint density at radius 3 is 1.94 bits per heavy atom. The summed E-state index contributed by atoms with van der Waals surface area (Å²) in [6.45, 7) is 8.09. The molecule has 2 aromatic rings. The molecule has 1 aliphatic heterocycles. The van der Waals surface area contributed by atoms with Crippen molar-refractivity contribution in [1.82, 2.24) is 4.90 Å². The molecule has 0 radical (unpaired) electrons. The van der Waals surface area contributed by atoms with E-state index in [1.807, 2.05) is 36.4 Å². The van der Waals surface area contributed by atoms with Crippen LogP contribution in [0, 0.1) is 0 Å². The third kappa shape index (κ3) is 6.01. The van der Waals surface area contributed by atoms with Gasteiger partial charge in [-0.2, -0.15) is 0 Å². The maximum absolute atomic E-state index is 13.1. The summed E-state index contributed by atoms with van der Waals surface area (Å²) in [6.07, 6.45) is 12.3. The summed E-state index contributed by atoms with van der Waals surface area (Å²) in [5.74, 6) is 0.608. The molecule has 3 heteroatoms. The molecule has 3 rings (SSSR count). The van der Waals surface area contributed by atoms with E-state index in [0.717, 1.165) is 29.7 Å². The van der Waals surface area contributed by atoms with Gasteiger partial charge in [-0.15, -0.1) is 0 Å². The summed E-state index contributed by atoms with van der Waals surface area (Å²) in [7, 11) is 0. The third-order valence-corrected chi connectivity index (χ3v) is 7.09. The summed E-state index contributed by atoms with van der Waals surface area (Å²) in [5, 5.41) is 0. The largest absolute Gasteiger partial charge is 0.425 e. The van der Waals surface area contributed by atoms with Crippen LogP contribution in [0.1, 0.15) is 89.2 Å². The quantitative estimate of drug-likeness (QED) is 0.169. The summed E-state index contributed by atoms with van der Waals surface area (Å²) in [4.78, 5) is 15.6. The van der Waals surface area contributed by atoms with E-state index in [1.54, 1.807) is 0 Å². The second-order valence-electron chi connectivity index (χ2n) is 9.12. The third-order valence-electron chi connectivity index (χ3n) is 7.09. The van der Waals surface area contributed by atoms with Crippen LogP contribution in [0.5, 0.6) is 5.75 Å². The van der Waals surface area contributed by atoms with Gasteiger partial charge in [0.1, 0.15) is 11.2 Å². The number of carbonyl (C=O) groups is 1. The molecule has 0 saturated carbocycles. The molecule has 1 unspecified atom stereocenters. The second kappa shape index (κ2) is 12.8. The van der Waals surface area contributed by atoms with Crippen molar-refractivity contribution >= 4 is 5.97 Å². The zero-order valence-electron chi connectivity index (χ0n) is 20.2. The molecule has 0 N–H and O–H groups in total. The second-order valence-corrected chi connectivity index (χ2v) is 9.12. The Morgan fingerprint density at radius 2 is 1.28 bits per heavy atom. The highest BCUT2D eigenvalue weighted by Gasteiger charge is 2.49. The Kier molecular flexibility index (Phi) is 9.80. The van der Waals surface area contributed by atoms with Crippen LogP contribution < -0.4 is 4.74 Å². The fraction of sp³-hybridized carbons (Fsp3) is 0.552. The topological polar surface area (TPSA) is 29.5 Å². The van der Waals surface area contributed by atoms with E-state index in [-0.39, 0.29) is 5.97 Å². The van der Waals surface area contributed by atoms with Crippen LogP contribution in [-0.2, 0) is 10.2 Å². The van der Waals surface area contributed by atoms with E-state index >= 15 is 0 Å². The molecule has 1 aliphatic rings. The number of rotatable bonds is 15. The van der Waals surface area contributed by atoms with Crippen LogP contribution >= 0.6 is 0 Å². The van der Waals surface area contributed by atoms with E-state index in [1.165, 1.54) is 71.0 Å². The Balaban J connectivity index is 1.41. The van der Waals surface area contributed by atoms with Gasteiger partial charge in [0.15, 0.2) is 0 Å². The lowest BCUT2D eigenvalue weighted by atomic mass is 9.72. The maximum atomic E-state index is 13.1. The molecule has 1 heterocycles. The Bertz CT molecular complexity index is 815. The fourth-order valence-corrected chi connectivity index (χ4v) is 5.09. The van der Waals surface area contributed by atoms with E-state index in [9.17, 15) is 4.79 Å².